The number of rotatable bonds is 13. The van der Waals surface area contributed by atoms with Crippen LogP contribution in [0.4, 0.5) is 0 Å². The molecule has 3 nitrogen and oxygen atoms in total. The van der Waals surface area contributed by atoms with Crippen molar-refractivity contribution in [3.63, 3.8) is 0 Å². The zero-order valence-electron chi connectivity index (χ0n) is 21.0. The molecule has 0 heterocycles. The summed E-state index contributed by atoms with van der Waals surface area (Å²) in [5.41, 5.74) is 0. The van der Waals surface area contributed by atoms with Crippen molar-refractivity contribution in [1.82, 2.24) is 0 Å². The van der Waals surface area contributed by atoms with Crippen LogP contribution in [0, 0.1) is 11.8 Å². The van der Waals surface area contributed by atoms with Gasteiger partial charge in [0.2, 0.25) is 0 Å². The Labute approximate surface area is 183 Å². The first-order valence-electron chi connectivity index (χ1n) is 11.4. The summed E-state index contributed by atoms with van der Waals surface area (Å²) >= 11 is 0. The molecule has 0 radical (unpaired) electrons. The van der Waals surface area contributed by atoms with Gasteiger partial charge in [-0.2, -0.15) is 0 Å². The van der Waals surface area contributed by atoms with Gasteiger partial charge in [0.25, 0.3) is 0 Å². The lowest BCUT2D eigenvalue weighted by atomic mass is 9.90. The first-order chi connectivity index (χ1) is 13.3. The molecule has 0 unspecified atom stereocenters. The molecule has 170 valence electrons. The first kappa shape index (κ1) is 28.5. The van der Waals surface area contributed by atoms with Gasteiger partial charge in [-0.15, -0.1) is 0 Å². The van der Waals surface area contributed by atoms with E-state index >= 15 is 0 Å². The lowest BCUT2D eigenvalue weighted by Gasteiger charge is -2.44. The maximum Gasteiger partial charge on any atom is 0.192 e. The third-order valence-corrected chi connectivity index (χ3v) is 16.3. The molecule has 29 heavy (non-hydrogen) atoms. The molecule has 5 heteroatoms. The molecule has 0 aliphatic carbocycles. The van der Waals surface area contributed by atoms with Crippen LogP contribution in [-0.4, -0.2) is 35.1 Å². The summed E-state index contributed by atoms with van der Waals surface area (Å²) in [4.78, 5) is 10.5. The molecule has 0 aromatic rings. The number of aldehydes is 1. The highest BCUT2D eigenvalue weighted by Crippen LogP contribution is 2.40. The highest BCUT2D eigenvalue weighted by molar-refractivity contribution is 6.74. The molecule has 0 saturated carbocycles. The molecule has 4 atom stereocenters. The Morgan fingerprint density at radius 2 is 1.38 bits per heavy atom. The number of hydrogen-bond donors (Lipinski definition) is 0. The minimum absolute atomic E-state index is 0.0871. The van der Waals surface area contributed by atoms with E-state index in [1.54, 1.807) is 6.08 Å². The van der Waals surface area contributed by atoms with Crippen LogP contribution < -0.4 is 0 Å². The molecule has 0 aliphatic rings. The van der Waals surface area contributed by atoms with Gasteiger partial charge < -0.3 is 8.85 Å². The van der Waals surface area contributed by atoms with Gasteiger partial charge in [-0.25, -0.2) is 0 Å². The van der Waals surface area contributed by atoms with Crippen LogP contribution in [0.25, 0.3) is 0 Å². The molecule has 0 aromatic carbocycles. The van der Waals surface area contributed by atoms with Crippen LogP contribution in [0.2, 0.25) is 36.3 Å². The van der Waals surface area contributed by atoms with Crippen molar-refractivity contribution >= 4 is 22.9 Å². The highest BCUT2D eigenvalue weighted by atomic mass is 28.4. The fraction of sp³-hybridized carbons (Fsp3) is 0.792. The number of carbonyl (C=O) groups is 1. The van der Waals surface area contributed by atoms with E-state index in [4.69, 9.17) is 8.85 Å². The molecule has 0 rings (SSSR count). The highest BCUT2D eigenvalue weighted by Gasteiger charge is 2.43. The topological polar surface area (TPSA) is 35.5 Å². The monoisotopic (exact) mass is 440 g/mol. The Morgan fingerprint density at radius 1 is 0.862 bits per heavy atom. The molecule has 0 fully saturated rings. The second-order valence-electron chi connectivity index (χ2n) is 10.0. The summed E-state index contributed by atoms with van der Waals surface area (Å²) in [7, 11) is -3.60. The average Bonchev–Trinajstić information content (AvgIpc) is 2.66. The summed E-state index contributed by atoms with van der Waals surface area (Å²) in [6.45, 7) is 25.1. The lowest BCUT2D eigenvalue weighted by molar-refractivity contribution is -0.104. The van der Waals surface area contributed by atoms with Crippen LogP contribution in [0.3, 0.4) is 0 Å². The molecular weight excluding hydrogens is 392 g/mol. The van der Waals surface area contributed by atoms with Gasteiger partial charge in [-0.1, -0.05) is 73.6 Å². The van der Waals surface area contributed by atoms with Gasteiger partial charge in [0.05, 0.1) is 6.10 Å². The molecule has 0 amide bonds. The fourth-order valence-electron chi connectivity index (χ4n) is 3.44. The molecule has 0 aromatic heterocycles. The SMILES string of the molecule is CC[Si](CC)(CC)O[C@@H](C)[C@H](C)[C@H](O[Si](C)(C)C(C)(C)C)[C@@H](C)/C=C/C=C/C=O. The summed E-state index contributed by atoms with van der Waals surface area (Å²) in [5, 5.41) is 0.157. The van der Waals surface area contributed by atoms with E-state index in [-0.39, 0.29) is 29.1 Å². The summed E-state index contributed by atoms with van der Waals surface area (Å²) < 4.78 is 13.8. The van der Waals surface area contributed by atoms with Crippen molar-refractivity contribution in [3.05, 3.63) is 24.3 Å². The number of allylic oxidation sites excluding steroid dienone is 3. The number of hydrogen-bond acceptors (Lipinski definition) is 3. The smallest absolute Gasteiger partial charge is 0.192 e. The quantitative estimate of drug-likeness (QED) is 0.130. The van der Waals surface area contributed by atoms with Crippen LogP contribution in [-0.2, 0) is 13.6 Å². The third kappa shape index (κ3) is 8.64. The van der Waals surface area contributed by atoms with E-state index in [1.807, 2.05) is 6.08 Å². The third-order valence-electron chi connectivity index (χ3n) is 7.10. The predicted molar refractivity (Wildman–Crippen MR) is 132 cm³/mol. The lowest BCUT2D eigenvalue weighted by Crippen LogP contribution is -2.50. The normalized spacial score (nSPS) is 18.2. The van der Waals surface area contributed by atoms with Gasteiger partial charge >= 0.3 is 0 Å². The maximum atomic E-state index is 10.5. The van der Waals surface area contributed by atoms with Crippen LogP contribution in [0.1, 0.15) is 62.3 Å². The van der Waals surface area contributed by atoms with E-state index in [9.17, 15) is 4.79 Å². The van der Waals surface area contributed by atoms with Gasteiger partial charge in [-0.3, -0.25) is 4.79 Å². The van der Waals surface area contributed by atoms with Crippen molar-refractivity contribution < 1.29 is 13.6 Å². The van der Waals surface area contributed by atoms with E-state index in [2.05, 4.69) is 81.5 Å². The average molecular weight is 441 g/mol. The Hall–Kier alpha value is -0.496. The van der Waals surface area contributed by atoms with Crippen molar-refractivity contribution in [2.24, 2.45) is 11.8 Å². The van der Waals surface area contributed by atoms with E-state index in [0.717, 1.165) is 24.4 Å². The predicted octanol–water partition coefficient (Wildman–Crippen LogP) is 7.37. The largest absolute Gasteiger partial charge is 0.414 e. The van der Waals surface area contributed by atoms with E-state index in [1.165, 1.54) is 6.08 Å². The summed E-state index contributed by atoms with van der Waals surface area (Å²) in [5.74, 6) is 0.526. The maximum absolute atomic E-state index is 10.5. The van der Waals surface area contributed by atoms with Gasteiger partial charge in [-0.05, 0) is 55.2 Å². The van der Waals surface area contributed by atoms with Gasteiger partial charge in [0, 0.05) is 12.0 Å². The fourth-order valence-corrected chi connectivity index (χ4v) is 7.90. The molecule has 0 aliphatic heterocycles. The van der Waals surface area contributed by atoms with Gasteiger partial charge in [0.1, 0.15) is 6.29 Å². The Balaban J connectivity index is 5.73. The molecule has 0 saturated heterocycles. The van der Waals surface area contributed by atoms with Crippen molar-refractivity contribution in [1.29, 1.82) is 0 Å². The first-order valence-corrected chi connectivity index (χ1v) is 16.9. The second-order valence-corrected chi connectivity index (χ2v) is 19.5. The van der Waals surface area contributed by atoms with Gasteiger partial charge in [0.15, 0.2) is 16.6 Å². The molecule has 0 spiro atoms. The molecule has 0 N–H and O–H groups in total. The summed E-state index contributed by atoms with van der Waals surface area (Å²) in [6, 6.07) is 3.49. The minimum Gasteiger partial charge on any atom is -0.414 e. The zero-order chi connectivity index (χ0) is 22.9. The molecule has 0 bridgehead atoms. The Kier molecular flexibility index (Phi) is 12.2. The van der Waals surface area contributed by atoms with Crippen LogP contribution in [0.15, 0.2) is 24.3 Å². The van der Waals surface area contributed by atoms with E-state index in [0.29, 0.717) is 0 Å². The standard InChI is InChI=1S/C24H48O3Si2/c1-12-29(13-2,14-3)26-22(6)21(5)23(20(4)18-16-15-17-19-25)27-28(10,11)24(7,8)9/h15-23H,12-14H2,1-11H3/b17-15+,18-16+/t20-,21-,22-,23+/m0/s1. The molecular formula is C24H48O3Si2. The van der Waals surface area contributed by atoms with Crippen molar-refractivity contribution in [2.45, 2.75) is 111 Å². The number of carbonyl (C=O) groups excluding carboxylic acids is 1. The van der Waals surface area contributed by atoms with E-state index < -0.39 is 16.6 Å². The van der Waals surface area contributed by atoms with Crippen molar-refractivity contribution in [2.75, 3.05) is 0 Å². The van der Waals surface area contributed by atoms with Crippen molar-refractivity contribution in [3.8, 4) is 0 Å². The summed E-state index contributed by atoms with van der Waals surface area (Å²) in [6.07, 6.45) is 8.49. The minimum atomic E-state index is -1.93. The Morgan fingerprint density at radius 3 is 1.79 bits per heavy atom. The second kappa shape index (κ2) is 12.4. The van der Waals surface area contributed by atoms with Crippen LogP contribution >= 0.6 is 0 Å². The zero-order valence-corrected chi connectivity index (χ0v) is 23.0. The Bertz CT molecular complexity index is 522. The van der Waals surface area contributed by atoms with Crippen LogP contribution in [0.5, 0.6) is 0 Å².